The van der Waals surface area contributed by atoms with Crippen molar-refractivity contribution >= 4 is 16.9 Å². The molecule has 3 rings (SSSR count). The van der Waals surface area contributed by atoms with Gasteiger partial charge in [0.05, 0.1) is 17.1 Å². The van der Waals surface area contributed by atoms with Gasteiger partial charge in [-0.1, -0.05) is 6.92 Å². The van der Waals surface area contributed by atoms with E-state index in [9.17, 15) is 0 Å². The van der Waals surface area contributed by atoms with Crippen molar-refractivity contribution in [3.63, 3.8) is 0 Å². The summed E-state index contributed by atoms with van der Waals surface area (Å²) in [5.41, 5.74) is 0.830. The minimum Gasteiger partial charge on any atom is -0.367 e. The van der Waals surface area contributed by atoms with Crippen LogP contribution in [0.15, 0.2) is 12.5 Å². The molecular weight excluding hydrogens is 250 g/mol. The molecule has 1 fully saturated rings. The minimum absolute atomic E-state index is 0.0742. The van der Waals surface area contributed by atoms with Crippen LogP contribution in [-0.2, 0) is 5.54 Å². The van der Waals surface area contributed by atoms with E-state index in [1.165, 1.54) is 19.3 Å². The molecular formula is C15H23N5. The van der Waals surface area contributed by atoms with Crippen LogP contribution in [0.2, 0.25) is 0 Å². The Morgan fingerprint density at radius 2 is 2.05 bits per heavy atom. The van der Waals surface area contributed by atoms with Gasteiger partial charge in [0.15, 0.2) is 5.65 Å². The molecule has 1 N–H and O–H groups in total. The lowest BCUT2D eigenvalue weighted by molar-refractivity contribution is 0.366. The first-order valence-electron chi connectivity index (χ1n) is 7.41. The smallest absolute Gasteiger partial charge is 0.163 e. The van der Waals surface area contributed by atoms with Crippen molar-refractivity contribution < 1.29 is 0 Å². The third-order valence-electron chi connectivity index (χ3n) is 4.04. The van der Waals surface area contributed by atoms with Gasteiger partial charge in [0.1, 0.15) is 12.1 Å². The van der Waals surface area contributed by atoms with Crippen LogP contribution in [0.5, 0.6) is 0 Å². The predicted octanol–water partition coefficient (Wildman–Crippen LogP) is 3.18. The summed E-state index contributed by atoms with van der Waals surface area (Å²) in [6, 6.07) is 0.529. The first kappa shape index (κ1) is 13.3. The van der Waals surface area contributed by atoms with Crippen LogP contribution in [0.3, 0.4) is 0 Å². The molecule has 2 heterocycles. The molecule has 20 heavy (non-hydrogen) atoms. The number of fused-ring (bicyclic) bond motifs is 1. The Morgan fingerprint density at radius 1 is 1.25 bits per heavy atom. The molecule has 5 heteroatoms. The summed E-state index contributed by atoms with van der Waals surface area (Å²) in [7, 11) is 0. The summed E-state index contributed by atoms with van der Waals surface area (Å²) in [4.78, 5) is 8.82. The molecule has 2 unspecified atom stereocenters. The highest BCUT2D eigenvalue weighted by Crippen LogP contribution is 2.29. The fourth-order valence-electron chi connectivity index (χ4n) is 2.98. The van der Waals surface area contributed by atoms with Gasteiger partial charge in [-0.3, -0.25) is 0 Å². The van der Waals surface area contributed by atoms with Gasteiger partial charge in [0.25, 0.3) is 0 Å². The topological polar surface area (TPSA) is 55.6 Å². The van der Waals surface area contributed by atoms with E-state index in [-0.39, 0.29) is 5.54 Å². The van der Waals surface area contributed by atoms with Crippen LogP contribution in [0.4, 0.5) is 5.82 Å². The van der Waals surface area contributed by atoms with Crippen LogP contribution >= 0.6 is 0 Å². The Morgan fingerprint density at radius 3 is 2.70 bits per heavy atom. The van der Waals surface area contributed by atoms with Crippen molar-refractivity contribution in [2.75, 3.05) is 5.32 Å². The van der Waals surface area contributed by atoms with Gasteiger partial charge < -0.3 is 5.32 Å². The Kier molecular flexibility index (Phi) is 3.15. The van der Waals surface area contributed by atoms with Crippen molar-refractivity contribution in [1.82, 2.24) is 19.7 Å². The molecule has 108 valence electrons. The summed E-state index contributed by atoms with van der Waals surface area (Å²) < 4.78 is 1.96. The quantitative estimate of drug-likeness (QED) is 0.913. The van der Waals surface area contributed by atoms with E-state index >= 15 is 0 Å². The Labute approximate surface area is 119 Å². The molecule has 0 aliphatic heterocycles. The van der Waals surface area contributed by atoms with Crippen molar-refractivity contribution in [1.29, 1.82) is 0 Å². The highest BCUT2D eigenvalue weighted by molar-refractivity contribution is 5.86. The molecule has 0 amide bonds. The van der Waals surface area contributed by atoms with Gasteiger partial charge in [-0.2, -0.15) is 5.10 Å². The second-order valence-corrected chi connectivity index (χ2v) is 6.95. The van der Waals surface area contributed by atoms with Crippen LogP contribution < -0.4 is 5.32 Å². The average Bonchev–Trinajstić information content (AvgIpc) is 2.95. The number of anilines is 1. The van der Waals surface area contributed by atoms with Gasteiger partial charge in [-0.25, -0.2) is 14.6 Å². The lowest BCUT2D eigenvalue weighted by Gasteiger charge is -2.20. The number of aromatic nitrogens is 4. The number of rotatable bonds is 2. The van der Waals surface area contributed by atoms with Crippen LogP contribution in [0.1, 0.15) is 47.0 Å². The summed E-state index contributed by atoms with van der Waals surface area (Å²) in [6.45, 7) is 8.71. The van der Waals surface area contributed by atoms with Gasteiger partial charge in [0.2, 0.25) is 0 Å². The zero-order valence-electron chi connectivity index (χ0n) is 12.7. The van der Waals surface area contributed by atoms with Crippen LogP contribution in [0, 0.1) is 5.92 Å². The third kappa shape index (κ3) is 2.37. The number of hydrogen-bond donors (Lipinski definition) is 1. The zero-order valence-corrected chi connectivity index (χ0v) is 12.7. The van der Waals surface area contributed by atoms with Crippen LogP contribution in [0.25, 0.3) is 11.0 Å². The SMILES string of the molecule is CC1CCC(Nc2ncnc3c2cnn3C(C)(C)C)C1. The molecule has 2 atom stereocenters. The fraction of sp³-hybridized carbons (Fsp3) is 0.667. The van der Waals surface area contributed by atoms with Crippen molar-refractivity contribution in [2.45, 2.75) is 58.5 Å². The highest BCUT2D eigenvalue weighted by atomic mass is 15.3. The molecule has 5 nitrogen and oxygen atoms in total. The number of nitrogens with one attached hydrogen (secondary N) is 1. The van der Waals surface area contributed by atoms with Crippen molar-refractivity contribution in [2.24, 2.45) is 5.92 Å². The molecule has 0 saturated heterocycles. The lowest BCUT2D eigenvalue weighted by Crippen LogP contribution is -2.23. The maximum atomic E-state index is 4.49. The summed E-state index contributed by atoms with van der Waals surface area (Å²) >= 11 is 0. The van der Waals surface area contributed by atoms with Crippen molar-refractivity contribution in [3.8, 4) is 0 Å². The number of hydrogen-bond acceptors (Lipinski definition) is 4. The molecule has 0 radical (unpaired) electrons. The molecule has 1 aliphatic carbocycles. The predicted molar refractivity (Wildman–Crippen MR) is 80.7 cm³/mol. The first-order valence-corrected chi connectivity index (χ1v) is 7.41. The lowest BCUT2D eigenvalue weighted by atomic mass is 10.1. The maximum Gasteiger partial charge on any atom is 0.163 e. The van der Waals surface area contributed by atoms with Gasteiger partial charge in [-0.05, 0) is 46.0 Å². The second-order valence-electron chi connectivity index (χ2n) is 6.95. The normalized spacial score (nSPS) is 23.4. The molecule has 0 bridgehead atoms. The molecule has 0 spiro atoms. The average molecular weight is 273 g/mol. The second kappa shape index (κ2) is 4.72. The molecule has 1 aliphatic rings. The Hall–Kier alpha value is -1.65. The van der Waals surface area contributed by atoms with Crippen LogP contribution in [-0.4, -0.2) is 25.8 Å². The minimum atomic E-state index is -0.0742. The van der Waals surface area contributed by atoms with E-state index in [2.05, 4.69) is 48.1 Å². The standard InChI is InChI=1S/C15H23N5/c1-10-5-6-11(7-10)19-13-12-8-18-20(15(2,3)4)14(12)17-9-16-13/h8-11H,5-7H2,1-4H3,(H,16,17,19). The van der Waals surface area contributed by atoms with E-state index in [0.717, 1.165) is 22.8 Å². The van der Waals surface area contributed by atoms with Gasteiger partial charge in [0, 0.05) is 6.04 Å². The number of nitrogens with zero attached hydrogens (tertiary/aromatic N) is 4. The van der Waals surface area contributed by atoms with E-state index in [4.69, 9.17) is 0 Å². The van der Waals surface area contributed by atoms with E-state index in [1.807, 2.05) is 10.9 Å². The third-order valence-corrected chi connectivity index (χ3v) is 4.04. The molecule has 2 aromatic rings. The largest absolute Gasteiger partial charge is 0.367 e. The summed E-state index contributed by atoms with van der Waals surface area (Å²) in [6.07, 6.45) is 7.25. The van der Waals surface area contributed by atoms with Crippen molar-refractivity contribution in [3.05, 3.63) is 12.5 Å². The summed E-state index contributed by atoms with van der Waals surface area (Å²) in [5.74, 6) is 1.73. The first-order chi connectivity index (χ1) is 9.45. The summed E-state index contributed by atoms with van der Waals surface area (Å²) in [5, 5.41) is 9.08. The maximum absolute atomic E-state index is 4.49. The molecule has 1 saturated carbocycles. The fourth-order valence-corrected chi connectivity index (χ4v) is 2.98. The Bertz CT molecular complexity index is 610. The van der Waals surface area contributed by atoms with Gasteiger partial charge in [-0.15, -0.1) is 0 Å². The van der Waals surface area contributed by atoms with E-state index < -0.39 is 0 Å². The molecule has 0 aromatic carbocycles. The van der Waals surface area contributed by atoms with Gasteiger partial charge >= 0.3 is 0 Å². The monoisotopic (exact) mass is 273 g/mol. The Balaban J connectivity index is 1.94. The highest BCUT2D eigenvalue weighted by Gasteiger charge is 2.24. The van der Waals surface area contributed by atoms with E-state index in [0.29, 0.717) is 6.04 Å². The van der Waals surface area contributed by atoms with E-state index in [1.54, 1.807) is 6.33 Å². The zero-order chi connectivity index (χ0) is 14.3. The molecule has 2 aromatic heterocycles.